The van der Waals surface area contributed by atoms with Crippen molar-refractivity contribution < 1.29 is 9.59 Å². The van der Waals surface area contributed by atoms with E-state index in [0.717, 1.165) is 69.2 Å². The van der Waals surface area contributed by atoms with Crippen molar-refractivity contribution in [2.45, 2.75) is 53.4 Å². The molecular weight excluding hydrogens is 382 g/mol. The largest absolute Gasteiger partial charge is 0.372 e. The van der Waals surface area contributed by atoms with Crippen molar-refractivity contribution in [3.63, 3.8) is 0 Å². The maximum absolute atomic E-state index is 12.9. The first-order valence-electron chi connectivity index (χ1n) is 10.9. The van der Waals surface area contributed by atoms with Gasteiger partial charge >= 0.3 is 0 Å². The SMILES string of the molecule is CCCCN(CCCC)CN1C(=O)S/C(=C\c2ccc(N(CC)CC)cc2)C1=O. The molecule has 1 aliphatic rings. The number of unbranched alkanes of at least 4 members (excludes halogenated alkanes) is 2. The molecule has 0 bridgehead atoms. The van der Waals surface area contributed by atoms with E-state index in [2.05, 4.69) is 49.6 Å². The van der Waals surface area contributed by atoms with Gasteiger partial charge in [0.15, 0.2) is 0 Å². The molecule has 160 valence electrons. The molecule has 2 rings (SSSR count). The summed E-state index contributed by atoms with van der Waals surface area (Å²) >= 11 is 1.05. The highest BCUT2D eigenvalue weighted by Crippen LogP contribution is 2.32. The first kappa shape index (κ1) is 23.5. The van der Waals surface area contributed by atoms with Gasteiger partial charge < -0.3 is 4.90 Å². The van der Waals surface area contributed by atoms with Gasteiger partial charge in [0.1, 0.15) is 0 Å². The molecule has 0 spiro atoms. The van der Waals surface area contributed by atoms with Crippen molar-refractivity contribution in [3.05, 3.63) is 34.7 Å². The fourth-order valence-corrected chi connectivity index (χ4v) is 4.19. The lowest BCUT2D eigenvalue weighted by Gasteiger charge is -2.26. The third-order valence-corrected chi connectivity index (χ3v) is 6.10. The molecule has 1 fully saturated rings. The lowest BCUT2D eigenvalue weighted by molar-refractivity contribution is -0.124. The summed E-state index contributed by atoms with van der Waals surface area (Å²) in [4.78, 5) is 31.7. The van der Waals surface area contributed by atoms with Gasteiger partial charge in [-0.25, -0.2) is 0 Å². The molecule has 0 unspecified atom stereocenters. The molecule has 1 aliphatic heterocycles. The molecule has 0 N–H and O–H groups in total. The van der Waals surface area contributed by atoms with Gasteiger partial charge in [-0.15, -0.1) is 0 Å². The summed E-state index contributed by atoms with van der Waals surface area (Å²) in [5.41, 5.74) is 2.11. The molecule has 0 aliphatic carbocycles. The smallest absolute Gasteiger partial charge is 0.294 e. The Morgan fingerprint density at radius 2 is 1.52 bits per heavy atom. The maximum Gasteiger partial charge on any atom is 0.294 e. The average molecular weight is 418 g/mol. The Bertz CT molecular complexity index is 691. The molecule has 1 aromatic rings. The third kappa shape index (κ3) is 6.61. The minimum atomic E-state index is -0.175. The minimum Gasteiger partial charge on any atom is -0.372 e. The predicted octanol–water partition coefficient (Wildman–Crippen LogP) is 5.43. The van der Waals surface area contributed by atoms with Crippen LogP contribution in [-0.2, 0) is 4.79 Å². The Morgan fingerprint density at radius 3 is 2.03 bits per heavy atom. The maximum atomic E-state index is 12.9. The van der Waals surface area contributed by atoms with Gasteiger partial charge in [-0.2, -0.15) is 0 Å². The van der Waals surface area contributed by atoms with E-state index in [9.17, 15) is 9.59 Å². The standard InChI is InChI=1S/C23H35N3O2S/c1-5-9-15-24(16-10-6-2)18-26-22(27)21(29-23(26)28)17-19-11-13-20(14-12-19)25(7-3)8-4/h11-14,17H,5-10,15-16,18H2,1-4H3/b21-17-. The van der Waals surface area contributed by atoms with E-state index in [1.807, 2.05) is 18.2 Å². The Balaban J connectivity index is 2.08. The zero-order valence-corrected chi connectivity index (χ0v) is 19.1. The van der Waals surface area contributed by atoms with Gasteiger partial charge in [-0.3, -0.25) is 19.4 Å². The molecule has 1 heterocycles. The number of hydrogen-bond donors (Lipinski definition) is 0. The van der Waals surface area contributed by atoms with Crippen molar-refractivity contribution in [2.24, 2.45) is 0 Å². The second-order valence-corrected chi connectivity index (χ2v) is 8.33. The third-order valence-electron chi connectivity index (χ3n) is 5.19. The quantitative estimate of drug-likeness (QED) is 0.424. The Labute approximate surface area is 180 Å². The number of imide groups is 1. The Hall–Kier alpha value is -1.79. The molecule has 1 aromatic carbocycles. The first-order chi connectivity index (χ1) is 14.0. The second kappa shape index (κ2) is 12.0. The lowest BCUT2D eigenvalue weighted by Crippen LogP contribution is -2.41. The van der Waals surface area contributed by atoms with Crippen molar-refractivity contribution in [1.82, 2.24) is 9.80 Å². The van der Waals surface area contributed by atoms with Crippen LogP contribution < -0.4 is 4.90 Å². The first-order valence-corrected chi connectivity index (χ1v) is 11.7. The molecule has 0 radical (unpaired) electrons. The Morgan fingerprint density at radius 1 is 0.931 bits per heavy atom. The highest BCUT2D eigenvalue weighted by Gasteiger charge is 2.35. The zero-order chi connectivity index (χ0) is 21.2. The van der Waals surface area contributed by atoms with Crippen LogP contribution in [0.2, 0.25) is 0 Å². The summed E-state index contributed by atoms with van der Waals surface area (Å²) in [5.74, 6) is -0.175. The van der Waals surface area contributed by atoms with E-state index < -0.39 is 0 Å². The number of amides is 2. The van der Waals surface area contributed by atoms with E-state index >= 15 is 0 Å². The average Bonchev–Trinajstić information content (AvgIpc) is 2.99. The molecule has 0 saturated carbocycles. The fourth-order valence-electron chi connectivity index (χ4n) is 3.36. The van der Waals surface area contributed by atoms with E-state index in [-0.39, 0.29) is 11.1 Å². The van der Waals surface area contributed by atoms with E-state index in [1.54, 1.807) is 0 Å². The highest BCUT2D eigenvalue weighted by atomic mass is 32.2. The predicted molar refractivity (Wildman–Crippen MR) is 124 cm³/mol. The molecule has 2 amide bonds. The fraction of sp³-hybridized carbons (Fsp3) is 0.565. The molecule has 5 nitrogen and oxygen atoms in total. The Kier molecular flexibility index (Phi) is 9.74. The van der Waals surface area contributed by atoms with Crippen LogP contribution in [0.3, 0.4) is 0 Å². The number of nitrogens with zero attached hydrogens (tertiary/aromatic N) is 3. The molecule has 0 atom stereocenters. The number of hydrogen-bond acceptors (Lipinski definition) is 5. The second-order valence-electron chi connectivity index (χ2n) is 7.34. The van der Waals surface area contributed by atoms with Gasteiger partial charge in [0.05, 0.1) is 11.6 Å². The van der Waals surface area contributed by atoms with E-state index in [1.165, 1.54) is 10.6 Å². The number of anilines is 1. The summed E-state index contributed by atoms with van der Waals surface area (Å²) < 4.78 is 0. The van der Waals surface area contributed by atoms with Crippen molar-refractivity contribution in [2.75, 3.05) is 37.7 Å². The molecule has 29 heavy (non-hydrogen) atoms. The monoisotopic (exact) mass is 417 g/mol. The van der Waals surface area contributed by atoms with Gasteiger partial charge in [-0.05, 0) is 75.3 Å². The number of rotatable bonds is 12. The van der Waals surface area contributed by atoms with Gasteiger partial charge in [0, 0.05) is 18.8 Å². The van der Waals surface area contributed by atoms with E-state index in [4.69, 9.17) is 0 Å². The van der Waals surface area contributed by atoms with E-state index in [0.29, 0.717) is 11.6 Å². The van der Waals surface area contributed by atoms with Crippen LogP contribution >= 0.6 is 11.8 Å². The van der Waals surface area contributed by atoms with Crippen LogP contribution in [0, 0.1) is 0 Å². The lowest BCUT2D eigenvalue weighted by atomic mass is 10.1. The normalized spacial score (nSPS) is 15.8. The van der Waals surface area contributed by atoms with Crippen LogP contribution in [0.1, 0.15) is 58.9 Å². The van der Waals surface area contributed by atoms with Crippen LogP contribution in [0.15, 0.2) is 29.2 Å². The summed E-state index contributed by atoms with van der Waals surface area (Å²) in [6.07, 6.45) is 6.20. The summed E-state index contributed by atoms with van der Waals surface area (Å²) in [6, 6.07) is 8.16. The summed E-state index contributed by atoms with van der Waals surface area (Å²) in [7, 11) is 0. The number of benzene rings is 1. The van der Waals surface area contributed by atoms with Gasteiger partial charge in [0.25, 0.3) is 11.1 Å². The van der Waals surface area contributed by atoms with Crippen LogP contribution in [-0.4, -0.2) is 53.8 Å². The van der Waals surface area contributed by atoms with Crippen LogP contribution in [0.5, 0.6) is 0 Å². The van der Waals surface area contributed by atoms with Crippen molar-refractivity contribution in [1.29, 1.82) is 0 Å². The van der Waals surface area contributed by atoms with Crippen LogP contribution in [0.4, 0.5) is 10.5 Å². The van der Waals surface area contributed by atoms with Crippen LogP contribution in [0.25, 0.3) is 6.08 Å². The van der Waals surface area contributed by atoms with Crippen molar-refractivity contribution >= 4 is 34.7 Å². The van der Waals surface area contributed by atoms with Gasteiger partial charge in [-0.1, -0.05) is 38.8 Å². The molecule has 6 heteroatoms. The minimum absolute atomic E-state index is 0.168. The summed E-state index contributed by atoms with van der Waals surface area (Å²) in [5, 5.41) is -0.168. The summed E-state index contributed by atoms with van der Waals surface area (Å²) in [6.45, 7) is 12.7. The number of carbonyl (C=O) groups is 2. The zero-order valence-electron chi connectivity index (χ0n) is 18.3. The molecule has 1 saturated heterocycles. The number of thioether (sulfide) groups is 1. The molecule has 0 aromatic heterocycles. The number of carbonyl (C=O) groups excluding carboxylic acids is 2. The topological polar surface area (TPSA) is 43.9 Å². The van der Waals surface area contributed by atoms with Crippen molar-refractivity contribution in [3.8, 4) is 0 Å². The van der Waals surface area contributed by atoms with Gasteiger partial charge in [0.2, 0.25) is 0 Å². The molecular formula is C23H35N3O2S. The highest BCUT2D eigenvalue weighted by molar-refractivity contribution is 8.18.